The van der Waals surface area contributed by atoms with Crippen LogP contribution in [0, 0.1) is 0 Å². The largest absolute Gasteiger partial charge is 0.497 e. The monoisotopic (exact) mass is 247 g/mol. The van der Waals surface area contributed by atoms with Gasteiger partial charge in [0.05, 0.1) is 13.3 Å². The first-order valence-corrected chi connectivity index (χ1v) is 5.45. The van der Waals surface area contributed by atoms with Gasteiger partial charge in [-0.2, -0.15) is 0 Å². The summed E-state index contributed by atoms with van der Waals surface area (Å²) in [5, 5.41) is 8.62. The summed E-state index contributed by atoms with van der Waals surface area (Å²) >= 11 is 0. The molecule has 5 heteroatoms. The van der Waals surface area contributed by atoms with Crippen LogP contribution in [0.5, 0.6) is 5.75 Å². The number of carboxylic acids is 1. The first kappa shape index (κ1) is 12.2. The number of methoxy groups -OCH3 is 1. The molecule has 18 heavy (non-hydrogen) atoms. The number of carbonyl (C=O) groups is 1. The Bertz CT molecular complexity index is 530. The molecule has 1 N–H and O–H groups in total. The van der Waals surface area contributed by atoms with Crippen LogP contribution < -0.4 is 4.74 Å². The molecule has 0 aliphatic rings. The van der Waals surface area contributed by atoms with Gasteiger partial charge in [0.1, 0.15) is 17.9 Å². The normalized spacial score (nSPS) is 10.3. The molecule has 0 saturated heterocycles. The van der Waals surface area contributed by atoms with Gasteiger partial charge in [-0.05, 0) is 17.7 Å². The maximum absolute atomic E-state index is 10.5. The molecule has 0 atom stereocenters. The Labute approximate surface area is 104 Å². The van der Waals surface area contributed by atoms with Gasteiger partial charge in [0.15, 0.2) is 5.89 Å². The number of aromatic nitrogens is 1. The Kier molecular flexibility index (Phi) is 3.62. The molecule has 0 radical (unpaired) electrons. The minimum absolute atomic E-state index is 0.143. The van der Waals surface area contributed by atoms with E-state index in [1.807, 2.05) is 24.3 Å². The molecule has 2 rings (SSSR count). The first-order chi connectivity index (χ1) is 8.67. The van der Waals surface area contributed by atoms with Crippen LogP contribution in [0.2, 0.25) is 0 Å². The molecule has 0 aliphatic carbocycles. The summed E-state index contributed by atoms with van der Waals surface area (Å²) in [6.45, 7) is 0. The van der Waals surface area contributed by atoms with E-state index >= 15 is 0 Å². The van der Waals surface area contributed by atoms with Crippen molar-refractivity contribution in [1.82, 2.24) is 4.98 Å². The van der Waals surface area contributed by atoms with Crippen molar-refractivity contribution in [2.75, 3.05) is 7.11 Å². The van der Waals surface area contributed by atoms with Gasteiger partial charge < -0.3 is 14.3 Å². The predicted molar refractivity (Wildman–Crippen MR) is 63.6 cm³/mol. The van der Waals surface area contributed by atoms with Gasteiger partial charge in [-0.1, -0.05) is 12.1 Å². The highest BCUT2D eigenvalue weighted by Crippen LogP contribution is 2.15. The van der Waals surface area contributed by atoms with E-state index in [0.717, 1.165) is 11.3 Å². The van der Waals surface area contributed by atoms with Crippen LogP contribution in [-0.4, -0.2) is 23.2 Å². The van der Waals surface area contributed by atoms with Gasteiger partial charge in [0.2, 0.25) is 0 Å². The molecule has 0 aliphatic heterocycles. The third-order valence-electron chi connectivity index (χ3n) is 2.44. The van der Waals surface area contributed by atoms with Gasteiger partial charge >= 0.3 is 5.97 Å². The van der Waals surface area contributed by atoms with E-state index in [4.69, 9.17) is 14.3 Å². The maximum atomic E-state index is 10.5. The van der Waals surface area contributed by atoms with Crippen LogP contribution in [0.25, 0.3) is 0 Å². The molecule has 5 nitrogen and oxygen atoms in total. The molecule has 1 heterocycles. The predicted octanol–water partition coefficient (Wildman–Crippen LogP) is 1.90. The van der Waals surface area contributed by atoms with Crippen LogP contribution in [-0.2, 0) is 17.6 Å². The fourth-order valence-electron chi connectivity index (χ4n) is 1.58. The number of rotatable bonds is 5. The van der Waals surface area contributed by atoms with Crippen molar-refractivity contribution in [3.05, 3.63) is 47.7 Å². The Morgan fingerprint density at radius 1 is 1.39 bits per heavy atom. The zero-order valence-electron chi connectivity index (χ0n) is 9.92. The van der Waals surface area contributed by atoms with Crippen LogP contribution in [0.3, 0.4) is 0 Å². The number of ether oxygens (including phenoxy) is 1. The Hall–Kier alpha value is -2.30. The molecule has 0 amide bonds. The summed E-state index contributed by atoms with van der Waals surface area (Å²) in [5.41, 5.74) is 1.03. The molecule has 94 valence electrons. The zero-order chi connectivity index (χ0) is 13.0. The van der Waals surface area contributed by atoms with E-state index in [2.05, 4.69) is 4.98 Å². The lowest BCUT2D eigenvalue weighted by Gasteiger charge is -2.01. The highest BCUT2D eigenvalue weighted by atomic mass is 16.5. The molecule has 1 aromatic heterocycles. The Balaban J connectivity index is 2.03. The summed E-state index contributed by atoms with van der Waals surface area (Å²) in [5.74, 6) is 0.738. The number of hydrogen-bond acceptors (Lipinski definition) is 4. The molecular weight excluding hydrogens is 234 g/mol. The third kappa shape index (κ3) is 3.10. The minimum atomic E-state index is -0.929. The summed E-state index contributed by atoms with van der Waals surface area (Å²) in [6, 6.07) is 7.55. The molecule has 2 aromatic rings. The molecule has 0 unspecified atom stereocenters. The lowest BCUT2D eigenvalue weighted by atomic mass is 10.1. The fraction of sp³-hybridized carbons (Fsp3) is 0.231. The third-order valence-corrected chi connectivity index (χ3v) is 2.44. The number of nitrogens with zero attached hydrogens (tertiary/aromatic N) is 1. The topological polar surface area (TPSA) is 72.6 Å². The van der Waals surface area contributed by atoms with Crippen molar-refractivity contribution in [3.63, 3.8) is 0 Å². The average Bonchev–Trinajstić information content (AvgIpc) is 2.76. The summed E-state index contributed by atoms with van der Waals surface area (Å²) in [7, 11) is 1.61. The number of aliphatic carboxylic acids is 1. The van der Waals surface area contributed by atoms with Crippen LogP contribution in [0.15, 0.2) is 34.9 Å². The lowest BCUT2D eigenvalue weighted by molar-refractivity contribution is -0.136. The standard InChI is InChI=1S/C13H13NO4/c1-17-10-4-2-9(3-5-10)6-12-14-8-11(18-12)7-13(15)16/h2-5,8H,6-7H2,1H3,(H,15,16). The maximum Gasteiger partial charge on any atom is 0.311 e. The second kappa shape index (κ2) is 5.35. The molecule has 0 bridgehead atoms. The zero-order valence-corrected chi connectivity index (χ0v) is 9.92. The van der Waals surface area contributed by atoms with Gasteiger partial charge in [-0.3, -0.25) is 4.79 Å². The van der Waals surface area contributed by atoms with Gasteiger partial charge in [0, 0.05) is 6.42 Å². The number of hydrogen-bond donors (Lipinski definition) is 1. The van der Waals surface area contributed by atoms with Crippen molar-refractivity contribution in [2.45, 2.75) is 12.8 Å². The molecule has 0 saturated carbocycles. The van der Waals surface area contributed by atoms with Crippen LogP contribution in [0.1, 0.15) is 17.2 Å². The van der Waals surface area contributed by atoms with Crippen molar-refractivity contribution >= 4 is 5.97 Å². The molecular formula is C13H13NO4. The van der Waals surface area contributed by atoms with E-state index in [1.165, 1.54) is 6.20 Å². The molecule has 1 aromatic carbocycles. The second-order valence-electron chi connectivity index (χ2n) is 3.82. The second-order valence-corrected chi connectivity index (χ2v) is 3.82. The average molecular weight is 247 g/mol. The number of benzene rings is 1. The Morgan fingerprint density at radius 3 is 2.72 bits per heavy atom. The SMILES string of the molecule is COc1ccc(Cc2ncc(CC(=O)O)o2)cc1. The summed E-state index contributed by atoms with van der Waals surface area (Å²) in [4.78, 5) is 14.6. The highest BCUT2D eigenvalue weighted by Gasteiger charge is 2.08. The quantitative estimate of drug-likeness (QED) is 0.873. The first-order valence-electron chi connectivity index (χ1n) is 5.45. The molecule has 0 fully saturated rings. The summed E-state index contributed by atoms with van der Waals surface area (Å²) < 4.78 is 10.4. The van der Waals surface area contributed by atoms with Gasteiger partial charge in [-0.15, -0.1) is 0 Å². The number of carboxylic acid groups (broad SMARTS) is 1. The minimum Gasteiger partial charge on any atom is -0.497 e. The van der Waals surface area contributed by atoms with E-state index in [9.17, 15) is 4.79 Å². The fourth-order valence-corrected chi connectivity index (χ4v) is 1.58. The van der Waals surface area contributed by atoms with Crippen molar-refractivity contribution in [3.8, 4) is 5.75 Å². The van der Waals surface area contributed by atoms with E-state index in [0.29, 0.717) is 18.1 Å². The van der Waals surface area contributed by atoms with Crippen LogP contribution >= 0.6 is 0 Å². The van der Waals surface area contributed by atoms with E-state index in [1.54, 1.807) is 7.11 Å². The smallest absolute Gasteiger partial charge is 0.311 e. The summed E-state index contributed by atoms with van der Waals surface area (Å²) in [6.07, 6.45) is 1.84. The van der Waals surface area contributed by atoms with Crippen molar-refractivity contribution in [1.29, 1.82) is 0 Å². The van der Waals surface area contributed by atoms with Gasteiger partial charge in [-0.25, -0.2) is 4.98 Å². The number of oxazole rings is 1. The van der Waals surface area contributed by atoms with Gasteiger partial charge in [0.25, 0.3) is 0 Å². The molecule has 0 spiro atoms. The lowest BCUT2D eigenvalue weighted by Crippen LogP contribution is -1.98. The Morgan fingerprint density at radius 2 is 2.11 bits per heavy atom. The highest BCUT2D eigenvalue weighted by molar-refractivity contribution is 5.69. The van der Waals surface area contributed by atoms with E-state index in [-0.39, 0.29) is 6.42 Å². The van der Waals surface area contributed by atoms with Crippen molar-refractivity contribution < 1.29 is 19.1 Å². The van der Waals surface area contributed by atoms with Crippen molar-refractivity contribution in [2.24, 2.45) is 0 Å². The van der Waals surface area contributed by atoms with Crippen LogP contribution in [0.4, 0.5) is 0 Å². The van der Waals surface area contributed by atoms with E-state index < -0.39 is 5.97 Å².